The maximum Gasteiger partial charge on any atom is 0.258 e. The first-order chi connectivity index (χ1) is 13.2. The summed E-state index contributed by atoms with van der Waals surface area (Å²) in [6.45, 7) is 5.41. The first-order valence-electron chi connectivity index (χ1n) is 9.25. The number of carbonyl (C=O) groups is 2. The number of alkyl halides is 1. The van der Waals surface area contributed by atoms with Crippen LogP contribution in [0.25, 0.3) is 10.8 Å². The number of halogens is 1. The zero-order valence-corrected chi connectivity index (χ0v) is 16.1. The predicted octanol–water partition coefficient (Wildman–Crippen LogP) is 2.51. The number of primary amides is 1. The molecular formula is C20H24FN3O4. The number of benzene rings is 1. The molecule has 1 aromatic heterocycles. The van der Waals surface area contributed by atoms with Gasteiger partial charge in [0.15, 0.2) is 5.67 Å². The Morgan fingerprint density at radius 2 is 2.21 bits per heavy atom. The third kappa shape index (κ3) is 3.85. The molecule has 0 spiro atoms. The van der Waals surface area contributed by atoms with Gasteiger partial charge in [-0.25, -0.2) is 9.37 Å². The summed E-state index contributed by atoms with van der Waals surface area (Å²) in [5.74, 6) is -0.544. The number of carbonyl (C=O) groups excluding carboxylic acids is 2. The largest absolute Gasteiger partial charge is 0.490 e. The molecule has 8 heteroatoms. The SMILES string of the molecule is CCC1(F)C[C@@H](COc2nccc3cc(C(N)=O)c(OC(C)C)cc23)NC1=O. The van der Waals surface area contributed by atoms with E-state index in [4.69, 9.17) is 15.2 Å². The number of amides is 2. The van der Waals surface area contributed by atoms with E-state index in [0.29, 0.717) is 22.4 Å². The first-order valence-corrected chi connectivity index (χ1v) is 9.25. The summed E-state index contributed by atoms with van der Waals surface area (Å²) < 4.78 is 25.9. The van der Waals surface area contributed by atoms with Crippen molar-refractivity contribution in [1.29, 1.82) is 0 Å². The lowest BCUT2D eigenvalue weighted by molar-refractivity contribution is -0.129. The van der Waals surface area contributed by atoms with Gasteiger partial charge in [0.25, 0.3) is 11.8 Å². The number of nitrogens with one attached hydrogen (secondary N) is 1. The number of aromatic nitrogens is 1. The molecule has 150 valence electrons. The average molecular weight is 389 g/mol. The zero-order chi connectivity index (χ0) is 20.5. The van der Waals surface area contributed by atoms with Crippen molar-refractivity contribution in [2.45, 2.75) is 51.4 Å². The molecule has 1 fully saturated rings. The quantitative estimate of drug-likeness (QED) is 0.757. The van der Waals surface area contributed by atoms with Gasteiger partial charge < -0.3 is 20.5 Å². The minimum absolute atomic E-state index is 0.0562. The summed E-state index contributed by atoms with van der Waals surface area (Å²) in [7, 11) is 0. The Bertz CT molecular complexity index is 918. The van der Waals surface area contributed by atoms with E-state index < -0.39 is 23.5 Å². The van der Waals surface area contributed by atoms with Crippen molar-refractivity contribution in [3.05, 3.63) is 30.0 Å². The summed E-state index contributed by atoms with van der Waals surface area (Å²) in [5.41, 5.74) is 3.89. The van der Waals surface area contributed by atoms with E-state index in [1.54, 1.807) is 31.3 Å². The van der Waals surface area contributed by atoms with Crippen LogP contribution < -0.4 is 20.5 Å². The highest BCUT2D eigenvalue weighted by molar-refractivity contribution is 6.01. The second kappa shape index (κ2) is 7.61. The van der Waals surface area contributed by atoms with Crippen LogP contribution in [-0.4, -0.2) is 41.2 Å². The average Bonchev–Trinajstić information content (AvgIpc) is 2.93. The molecule has 0 saturated carbocycles. The predicted molar refractivity (Wildman–Crippen MR) is 102 cm³/mol. The Morgan fingerprint density at radius 1 is 1.46 bits per heavy atom. The highest BCUT2D eigenvalue weighted by atomic mass is 19.1. The molecule has 1 aromatic carbocycles. The van der Waals surface area contributed by atoms with Crippen LogP contribution in [0.15, 0.2) is 24.4 Å². The number of nitrogens with two attached hydrogens (primary N) is 1. The monoisotopic (exact) mass is 389 g/mol. The highest BCUT2D eigenvalue weighted by Gasteiger charge is 2.46. The van der Waals surface area contributed by atoms with Crippen molar-refractivity contribution in [2.75, 3.05) is 6.61 Å². The van der Waals surface area contributed by atoms with Gasteiger partial charge in [0, 0.05) is 18.0 Å². The van der Waals surface area contributed by atoms with Crippen molar-refractivity contribution in [2.24, 2.45) is 5.73 Å². The molecule has 0 bridgehead atoms. The summed E-state index contributed by atoms with van der Waals surface area (Å²) in [4.78, 5) is 27.8. The van der Waals surface area contributed by atoms with Gasteiger partial charge in [0.2, 0.25) is 5.88 Å². The third-order valence-corrected chi connectivity index (χ3v) is 4.75. The number of ether oxygens (including phenoxy) is 2. The zero-order valence-electron chi connectivity index (χ0n) is 16.1. The van der Waals surface area contributed by atoms with Crippen LogP contribution in [0.5, 0.6) is 11.6 Å². The minimum Gasteiger partial charge on any atom is -0.490 e. The maximum atomic E-state index is 14.4. The molecule has 0 radical (unpaired) electrons. The molecular weight excluding hydrogens is 365 g/mol. The Hall–Kier alpha value is -2.90. The molecule has 2 aromatic rings. The third-order valence-electron chi connectivity index (χ3n) is 4.75. The molecule has 2 heterocycles. The van der Waals surface area contributed by atoms with Crippen LogP contribution in [0.3, 0.4) is 0 Å². The summed E-state index contributed by atoms with van der Waals surface area (Å²) in [6.07, 6.45) is 1.57. The minimum atomic E-state index is -1.85. The van der Waals surface area contributed by atoms with Gasteiger partial charge in [0.1, 0.15) is 12.4 Å². The standard InChI is InChI=1S/C20H24FN3O4/c1-4-20(21)9-13(24-19(20)26)10-27-18-14-8-16(28-11(2)3)15(17(22)25)7-12(14)5-6-23-18/h5-8,11,13H,4,9-10H2,1-3H3,(H2,22,25)(H,24,26)/t13-,20?/m0/s1. The van der Waals surface area contributed by atoms with Crippen LogP contribution >= 0.6 is 0 Å². The van der Waals surface area contributed by atoms with Crippen molar-refractivity contribution >= 4 is 22.6 Å². The fourth-order valence-electron chi connectivity index (χ4n) is 3.27. The van der Waals surface area contributed by atoms with Crippen LogP contribution in [0, 0.1) is 0 Å². The fourth-order valence-corrected chi connectivity index (χ4v) is 3.27. The van der Waals surface area contributed by atoms with Gasteiger partial charge in [-0.2, -0.15) is 0 Å². The summed E-state index contributed by atoms with van der Waals surface area (Å²) in [5, 5.41) is 3.96. The van der Waals surface area contributed by atoms with Gasteiger partial charge in [-0.05, 0) is 43.9 Å². The maximum absolute atomic E-state index is 14.4. The van der Waals surface area contributed by atoms with Gasteiger partial charge in [-0.1, -0.05) is 6.92 Å². The molecule has 0 aliphatic carbocycles. The number of pyridine rings is 1. The molecule has 3 rings (SSSR count). The van der Waals surface area contributed by atoms with Crippen molar-refractivity contribution in [3.8, 4) is 11.6 Å². The molecule has 28 heavy (non-hydrogen) atoms. The van der Waals surface area contributed by atoms with E-state index in [1.165, 1.54) is 0 Å². The topological polar surface area (TPSA) is 104 Å². The number of fused-ring (bicyclic) bond motifs is 1. The van der Waals surface area contributed by atoms with E-state index in [2.05, 4.69) is 10.3 Å². The van der Waals surface area contributed by atoms with Crippen LogP contribution in [0.4, 0.5) is 4.39 Å². The number of nitrogens with zero attached hydrogens (tertiary/aromatic N) is 1. The van der Waals surface area contributed by atoms with Gasteiger partial charge >= 0.3 is 0 Å². The lowest BCUT2D eigenvalue weighted by Gasteiger charge is -2.16. The summed E-state index contributed by atoms with van der Waals surface area (Å²) >= 11 is 0. The van der Waals surface area contributed by atoms with Crippen molar-refractivity contribution in [3.63, 3.8) is 0 Å². The molecule has 1 aliphatic rings. The molecule has 2 atom stereocenters. The second-order valence-electron chi connectivity index (χ2n) is 7.22. The fraction of sp³-hybridized carbons (Fsp3) is 0.450. The molecule has 7 nitrogen and oxygen atoms in total. The lowest BCUT2D eigenvalue weighted by Crippen LogP contribution is -2.34. The smallest absolute Gasteiger partial charge is 0.258 e. The first kappa shape index (κ1) is 19.9. The van der Waals surface area contributed by atoms with E-state index in [0.717, 1.165) is 0 Å². The van der Waals surface area contributed by atoms with Gasteiger partial charge in [0.05, 0.1) is 17.7 Å². The Kier molecular flexibility index (Phi) is 5.40. The van der Waals surface area contributed by atoms with E-state index >= 15 is 0 Å². The Balaban J connectivity index is 1.87. The Morgan fingerprint density at radius 3 is 2.82 bits per heavy atom. The van der Waals surface area contributed by atoms with Gasteiger partial charge in [-0.3, -0.25) is 9.59 Å². The number of hydrogen-bond acceptors (Lipinski definition) is 5. The molecule has 1 aliphatic heterocycles. The van der Waals surface area contributed by atoms with Crippen LogP contribution in [0.2, 0.25) is 0 Å². The second-order valence-corrected chi connectivity index (χ2v) is 7.22. The van der Waals surface area contributed by atoms with Crippen LogP contribution in [0.1, 0.15) is 44.0 Å². The normalized spacial score (nSPS) is 21.8. The number of hydrogen-bond donors (Lipinski definition) is 2. The highest BCUT2D eigenvalue weighted by Crippen LogP contribution is 2.32. The summed E-state index contributed by atoms with van der Waals surface area (Å²) in [6, 6.07) is 4.58. The molecule has 1 saturated heterocycles. The van der Waals surface area contributed by atoms with E-state index in [-0.39, 0.29) is 31.1 Å². The van der Waals surface area contributed by atoms with Crippen molar-refractivity contribution in [1.82, 2.24) is 10.3 Å². The Labute approximate surface area is 162 Å². The van der Waals surface area contributed by atoms with Crippen molar-refractivity contribution < 1.29 is 23.5 Å². The number of rotatable bonds is 7. The molecule has 2 amide bonds. The lowest BCUT2D eigenvalue weighted by atomic mass is 9.99. The van der Waals surface area contributed by atoms with E-state index in [9.17, 15) is 14.0 Å². The molecule has 3 N–H and O–H groups in total. The van der Waals surface area contributed by atoms with E-state index in [1.807, 2.05) is 13.8 Å². The molecule has 1 unspecified atom stereocenters. The van der Waals surface area contributed by atoms with Gasteiger partial charge in [-0.15, -0.1) is 0 Å². The van der Waals surface area contributed by atoms with Crippen LogP contribution in [-0.2, 0) is 4.79 Å².